The lowest BCUT2D eigenvalue weighted by Crippen LogP contribution is -1.87. The highest BCUT2D eigenvalue weighted by Gasteiger charge is 2.03. The van der Waals surface area contributed by atoms with Crippen molar-refractivity contribution in [1.29, 1.82) is 0 Å². The Hall–Kier alpha value is -0.300. The smallest absolute Gasteiger partial charge is 0.0106 e. The van der Waals surface area contributed by atoms with Crippen molar-refractivity contribution in [2.24, 2.45) is 11.7 Å². The Morgan fingerprint density at radius 3 is 2.30 bits per heavy atom. The summed E-state index contributed by atoms with van der Waals surface area (Å²) in [5.41, 5.74) is 4.85. The lowest BCUT2D eigenvalue weighted by molar-refractivity contribution is 0.612. The fourth-order valence-electron chi connectivity index (χ4n) is 1.04. The Kier molecular flexibility index (Phi) is 6.61. The van der Waals surface area contributed by atoms with E-state index >= 15 is 0 Å². The summed E-state index contributed by atoms with van der Waals surface area (Å²) < 4.78 is 0. The monoisotopic (exact) mass is 141 g/mol. The van der Waals surface area contributed by atoms with Gasteiger partial charge in [-0.05, 0) is 31.7 Å². The molecule has 1 atom stereocenters. The van der Waals surface area contributed by atoms with Gasteiger partial charge in [0.2, 0.25) is 0 Å². The highest BCUT2D eigenvalue weighted by Crippen LogP contribution is 2.18. The summed E-state index contributed by atoms with van der Waals surface area (Å²) in [6, 6.07) is 0. The van der Waals surface area contributed by atoms with Crippen LogP contribution in [0.15, 0.2) is 12.2 Å². The fraction of sp³-hybridized carbons (Fsp3) is 0.778. The summed E-state index contributed by atoms with van der Waals surface area (Å²) in [5.74, 6) is 0.917. The SMILES string of the molecule is CCC1C=CCC1.CCN. The summed E-state index contributed by atoms with van der Waals surface area (Å²) in [6.45, 7) is 4.90. The van der Waals surface area contributed by atoms with Crippen LogP contribution < -0.4 is 5.73 Å². The minimum Gasteiger partial charge on any atom is -0.331 e. The van der Waals surface area contributed by atoms with E-state index in [-0.39, 0.29) is 0 Å². The lowest BCUT2D eigenvalue weighted by atomic mass is 10.1. The van der Waals surface area contributed by atoms with Crippen molar-refractivity contribution in [2.45, 2.75) is 33.1 Å². The van der Waals surface area contributed by atoms with Crippen LogP contribution in [0.1, 0.15) is 33.1 Å². The summed E-state index contributed by atoms with van der Waals surface area (Å²) >= 11 is 0. The fourth-order valence-corrected chi connectivity index (χ4v) is 1.04. The predicted octanol–water partition coefficient (Wildman–Crippen LogP) is 2.33. The molecule has 0 aromatic rings. The lowest BCUT2D eigenvalue weighted by Gasteiger charge is -1.97. The molecule has 10 heavy (non-hydrogen) atoms. The molecule has 0 radical (unpaired) electrons. The van der Waals surface area contributed by atoms with Crippen LogP contribution in [0.4, 0.5) is 0 Å². The molecule has 0 saturated carbocycles. The van der Waals surface area contributed by atoms with E-state index in [4.69, 9.17) is 5.73 Å². The molecule has 0 spiro atoms. The van der Waals surface area contributed by atoms with E-state index in [0.717, 1.165) is 12.5 Å². The van der Waals surface area contributed by atoms with E-state index < -0.39 is 0 Å². The van der Waals surface area contributed by atoms with Gasteiger partial charge in [0, 0.05) is 0 Å². The normalized spacial score (nSPS) is 22.1. The predicted molar refractivity (Wildman–Crippen MR) is 46.9 cm³/mol. The van der Waals surface area contributed by atoms with Crippen molar-refractivity contribution in [1.82, 2.24) is 0 Å². The molecular weight excluding hydrogens is 122 g/mol. The van der Waals surface area contributed by atoms with Gasteiger partial charge in [0.05, 0.1) is 0 Å². The zero-order valence-electron chi connectivity index (χ0n) is 7.14. The van der Waals surface area contributed by atoms with Crippen molar-refractivity contribution >= 4 is 0 Å². The molecule has 0 amide bonds. The number of nitrogens with two attached hydrogens (primary N) is 1. The second-order valence-electron chi connectivity index (χ2n) is 2.58. The largest absolute Gasteiger partial charge is 0.331 e. The molecule has 0 bridgehead atoms. The maximum atomic E-state index is 4.85. The number of rotatable bonds is 1. The van der Waals surface area contributed by atoms with Gasteiger partial charge < -0.3 is 5.73 Å². The second kappa shape index (κ2) is 6.81. The van der Waals surface area contributed by atoms with Gasteiger partial charge in [0.1, 0.15) is 0 Å². The van der Waals surface area contributed by atoms with E-state index in [2.05, 4.69) is 19.1 Å². The van der Waals surface area contributed by atoms with Crippen molar-refractivity contribution < 1.29 is 0 Å². The molecule has 0 saturated heterocycles. The first-order valence-corrected chi connectivity index (χ1v) is 4.21. The van der Waals surface area contributed by atoms with E-state index in [1.807, 2.05) is 6.92 Å². The van der Waals surface area contributed by atoms with Gasteiger partial charge in [-0.25, -0.2) is 0 Å². The molecule has 0 aliphatic heterocycles. The third-order valence-corrected chi connectivity index (χ3v) is 1.64. The summed E-state index contributed by atoms with van der Waals surface area (Å²) in [5, 5.41) is 0. The van der Waals surface area contributed by atoms with Crippen molar-refractivity contribution in [3.8, 4) is 0 Å². The Morgan fingerprint density at radius 1 is 1.50 bits per heavy atom. The number of allylic oxidation sites excluding steroid dienone is 2. The molecule has 1 rings (SSSR count). The van der Waals surface area contributed by atoms with E-state index in [1.54, 1.807) is 0 Å². The van der Waals surface area contributed by atoms with Crippen LogP contribution in [-0.2, 0) is 0 Å². The summed E-state index contributed by atoms with van der Waals surface area (Å²) in [6.07, 6.45) is 8.67. The van der Waals surface area contributed by atoms with Crippen LogP contribution in [0.25, 0.3) is 0 Å². The number of hydrogen-bond donors (Lipinski definition) is 1. The molecule has 0 aromatic carbocycles. The summed E-state index contributed by atoms with van der Waals surface area (Å²) in [4.78, 5) is 0. The second-order valence-corrected chi connectivity index (χ2v) is 2.58. The third kappa shape index (κ3) is 4.57. The maximum absolute atomic E-state index is 4.85. The molecule has 1 heteroatoms. The maximum Gasteiger partial charge on any atom is -0.0106 e. The van der Waals surface area contributed by atoms with Gasteiger partial charge in [-0.1, -0.05) is 26.0 Å². The highest BCUT2D eigenvalue weighted by molar-refractivity contribution is 4.95. The van der Waals surface area contributed by atoms with Gasteiger partial charge >= 0.3 is 0 Å². The Labute approximate surface area is 64.3 Å². The molecular formula is C9H19N. The van der Waals surface area contributed by atoms with Gasteiger partial charge in [-0.15, -0.1) is 0 Å². The van der Waals surface area contributed by atoms with Crippen molar-refractivity contribution in [3.05, 3.63) is 12.2 Å². The third-order valence-electron chi connectivity index (χ3n) is 1.64. The van der Waals surface area contributed by atoms with Crippen LogP contribution in [0.2, 0.25) is 0 Å². The Balaban J connectivity index is 0.000000236. The van der Waals surface area contributed by atoms with E-state index in [9.17, 15) is 0 Å². The quantitative estimate of drug-likeness (QED) is 0.557. The minimum atomic E-state index is 0.750. The molecule has 1 aliphatic carbocycles. The first kappa shape index (κ1) is 9.70. The minimum absolute atomic E-state index is 0.750. The van der Waals surface area contributed by atoms with Gasteiger partial charge in [0.15, 0.2) is 0 Å². The highest BCUT2D eigenvalue weighted by atomic mass is 14.5. The van der Waals surface area contributed by atoms with Crippen LogP contribution in [0, 0.1) is 5.92 Å². The topological polar surface area (TPSA) is 26.0 Å². The average molecular weight is 141 g/mol. The Morgan fingerprint density at radius 2 is 2.10 bits per heavy atom. The molecule has 0 fully saturated rings. The molecule has 1 nitrogen and oxygen atoms in total. The zero-order chi connectivity index (χ0) is 7.82. The van der Waals surface area contributed by atoms with E-state index in [0.29, 0.717) is 0 Å². The molecule has 0 aromatic heterocycles. The van der Waals surface area contributed by atoms with Gasteiger partial charge in [0.25, 0.3) is 0 Å². The standard InChI is InChI=1S/C7H12.C2H7N/c1-2-7-5-3-4-6-7;1-2-3/h3,5,7H,2,4,6H2,1H3;2-3H2,1H3. The van der Waals surface area contributed by atoms with Crippen molar-refractivity contribution in [3.63, 3.8) is 0 Å². The average Bonchev–Trinajstić information content (AvgIpc) is 2.39. The van der Waals surface area contributed by atoms with Gasteiger partial charge in [-0.3, -0.25) is 0 Å². The summed E-state index contributed by atoms with van der Waals surface area (Å²) in [7, 11) is 0. The van der Waals surface area contributed by atoms with E-state index in [1.165, 1.54) is 19.3 Å². The van der Waals surface area contributed by atoms with Crippen LogP contribution in [0.3, 0.4) is 0 Å². The van der Waals surface area contributed by atoms with Crippen LogP contribution in [-0.4, -0.2) is 6.54 Å². The molecule has 2 N–H and O–H groups in total. The van der Waals surface area contributed by atoms with Crippen molar-refractivity contribution in [2.75, 3.05) is 6.54 Å². The molecule has 0 heterocycles. The first-order chi connectivity index (χ1) is 4.85. The molecule has 60 valence electrons. The number of hydrogen-bond acceptors (Lipinski definition) is 1. The first-order valence-electron chi connectivity index (χ1n) is 4.21. The molecule has 1 aliphatic rings. The zero-order valence-corrected chi connectivity index (χ0v) is 7.14. The van der Waals surface area contributed by atoms with Gasteiger partial charge in [-0.2, -0.15) is 0 Å². The Bertz CT molecular complexity index is 86.7. The van der Waals surface area contributed by atoms with Crippen LogP contribution in [0.5, 0.6) is 0 Å². The molecule has 1 unspecified atom stereocenters. The van der Waals surface area contributed by atoms with Crippen LogP contribution >= 0.6 is 0 Å².